The summed E-state index contributed by atoms with van der Waals surface area (Å²) in [5.74, 6) is 0.564. The predicted molar refractivity (Wildman–Crippen MR) is 83.2 cm³/mol. The maximum Gasteiger partial charge on any atom is 0.230 e. The van der Waals surface area contributed by atoms with Crippen molar-refractivity contribution in [2.75, 3.05) is 19.0 Å². The van der Waals surface area contributed by atoms with Gasteiger partial charge in [-0.3, -0.25) is 4.79 Å². The van der Waals surface area contributed by atoms with E-state index in [1.807, 2.05) is 24.3 Å². The average Bonchev–Trinajstić information content (AvgIpc) is 3.18. The number of carbonyl (C=O) groups is 1. The number of methoxy groups -OCH3 is 1. The van der Waals surface area contributed by atoms with E-state index in [2.05, 4.69) is 15.5 Å². The first kappa shape index (κ1) is 14.9. The molecule has 2 aromatic rings. The molecule has 2 heterocycles. The monoisotopic (exact) mass is 319 g/mol. The number of para-hydroxylation sites is 1. The quantitative estimate of drug-likeness (QED) is 0.917. The van der Waals surface area contributed by atoms with Crippen LogP contribution in [0.1, 0.15) is 29.5 Å². The summed E-state index contributed by atoms with van der Waals surface area (Å²) in [5, 5.41) is 12.2. The molecule has 1 amide bonds. The molecule has 1 aliphatic rings. The molecule has 0 spiro atoms. The molecule has 1 atom stereocenters. The van der Waals surface area contributed by atoms with Crippen molar-refractivity contribution in [3.05, 3.63) is 34.8 Å². The summed E-state index contributed by atoms with van der Waals surface area (Å²) in [6, 6.07) is 7.46. The van der Waals surface area contributed by atoms with Crippen LogP contribution in [0.25, 0.3) is 0 Å². The van der Waals surface area contributed by atoms with Gasteiger partial charge in [-0.2, -0.15) is 0 Å². The zero-order chi connectivity index (χ0) is 15.4. The van der Waals surface area contributed by atoms with E-state index in [4.69, 9.17) is 9.47 Å². The highest BCUT2D eigenvalue weighted by Crippen LogP contribution is 2.31. The second-order valence-corrected chi connectivity index (χ2v) is 5.99. The highest BCUT2D eigenvalue weighted by Gasteiger charge is 2.22. The molecule has 116 valence electrons. The molecule has 0 saturated carbocycles. The van der Waals surface area contributed by atoms with Gasteiger partial charge in [-0.15, -0.1) is 10.2 Å². The van der Waals surface area contributed by atoms with E-state index in [0.29, 0.717) is 10.9 Å². The fourth-order valence-electron chi connectivity index (χ4n) is 2.37. The van der Waals surface area contributed by atoms with Crippen LogP contribution >= 0.6 is 11.3 Å². The first-order valence-electron chi connectivity index (χ1n) is 7.13. The van der Waals surface area contributed by atoms with Crippen molar-refractivity contribution in [1.29, 1.82) is 0 Å². The first-order chi connectivity index (χ1) is 10.8. The summed E-state index contributed by atoms with van der Waals surface area (Å²) in [4.78, 5) is 12.1. The SMILES string of the molecule is COc1ccccc1CC(=O)Nc1nnc([C@@H]2CCCO2)s1. The number of rotatable bonds is 5. The molecule has 0 bridgehead atoms. The Balaban J connectivity index is 1.62. The maximum atomic E-state index is 12.1. The van der Waals surface area contributed by atoms with Gasteiger partial charge in [0, 0.05) is 12.2 Å². The second kappa shape index (κ2) is 6.85. The number of ether oxygens (including phenoxy) is 2. The normalized spacial score (nSPS) is 17.4. The number of hydrogen-bond acceptors (Lipinski definition) is 6. The van der Waals surface area contributed by atoms with Crippen LogP contribution in [0, 0.1) is 0 Å². The van der Waals surface area contributed by atoms with Crippen LogP contribution in [-0.2, 0) is 16.0 Å². The number of anilines is 1. The standard InChI is InChI=1S/C15H17N3O3S/c1-20-11-6-3-2-5-10(11)9-13(19)16-15-18-17-14(22-15)12-7-4-8-21-12/h2-3,5-6,12H,4,7-9H2,1H3,(H,16,18,19)/t12-/m0/s1. The molecule has 7 heteroatoms. The molecular formula is C15H17N3O3S. The Hall–Kier alpha value is -1.99. The lowest BCUT2D eigenvalue weighted by molar-refractivity contribution is -0.115. The summed E-state index contributed by atoms with van der Waals surface area (Å²) >= 11 is 1.37. The van der Waals surface area contributed by atoms with Crippen molar-refractivity contribution in [1.82, 2.24) is 10.2 Å². The van der Waals surface area contributed by atoms with E-state index in [0.717, 1.165) is 30.0 Å². The van der Waals surface area contributed by atoms with Crippen molar-refractivity contribution < 1.29 is 14.3 Å². The summed E-state index contributed by atoms with van der Waals surface area (Å²) < 4.78 is 10.8. The van der Waals surface area contributed by atoms with Gasteiger partial charge in [0.2, 0.25) is 11.0 Å². The molecule has 1 aromatic carbocycles. The summed E-state index contributed by atoms with van der Waals surface area (Å²) in [5.41, 5.74) is 0.839. The maximum absolute atomic E-state index is 12.1. The third kappa shape index (κ3) is 3.42. The molecule has 22 heavy (non-hydrogen) atoms. The number of carbonyl (C=O) groups excluding carboxylic acids is 1. The fourth-order valence-corrected chi connectivity index (χ4v) is 3.22. The lowest BCUT2D eigenvalue weighted by Crippen LogP contribution is -2.14. The van der Waals surface area contributed by atoms with Crippen molar-refractivity contribution in [3.63, 3.8) is 0 Å². The van der Waals surface area contributed by atoms with Crippen LogP contribution in [0.3, 0.4) is 0 Å². The molecule has 1 aliphatic heterocycles. The smallest absolute Gasteiger partial charge is 0.230 e. The van der Waals surface area contributed by atoms with Gasteiger partial charge in [0.25, 0.3) is 0 Å². The Labute approximate surface area is 132 Å². The average molecular weight is 319 g/mol. The molecule has 1 saturated heterocycles. The molecule has 1 aromatic heterocycles. The van der Waals surface area contributed by atoms with E-state index in [1.54, 1.807) is 7.11 Å². The minimum Gasteiger partial charge on any atom is -0.496 e. The summed E-state index contributed by atoms with van der Waals surface area (Å²) in [6.45, 7) is 0.764. The topological polar surface area (TPSA) is 73.3 Å². The summed E-state index contributed by atoms with van der Waals surface area (Å²) in [7, 11) is 1.59. The molecule has 6 nitrogen and oxygen atoms in total. The van der Waals surface area contributed by atoms with E-state index >= 15 is 0 Å². The minimum atomic E-state index is -0.139. The van der Waals surface area contributed by atoms with Crippen molar-refractivity contribution in [3.8, 4) is 5.75 Å². The van der Waals surface area contributed by atoms with Gasteiger partial charge in [-0.05, 0) is 18.9 Å². The molecule has 1 fully saturated rings. The van der Waals surface area contributed by atoms with Gasteiger partial charge in [-0.25, -0.2) is 0 Å². The fraction of sp³-hybridized carbons (Fsp3) is 0.400. The van der Waals surface area contributed by atoms with Gasteiger partial charge in [-0.1, -0.05) is 29.5 Å². The number of nitrogens with one attached hydrogen (secondary N) is 1. The van der Waals surface area contributed by atoms with Crippen molar-refractivity contribution in [2.24, 2.45) is 0 Å². The Morgan fingerprint density at radius 2 is 2.32 bits per heavy atom. The zero-order valence-corrected chi connectivity index (χ0v) is 13.1. The highest BCUT2D eigenvalue weighted by atomic mass is 32.1. The van der Waals surface area contributed by atoms with E-state index < -0.39 is 0 Å². The summed E-state index contributed by atoms with van der Waals surface area (Å²) in [6.07, 6.45) is 2.26. The number of nitrogens with zero attached hydrogens (tertiary/aromatic N) is 2. The number of benzene rings is 1. The zero-order valence-electron chi connectivity index (χ0n) is 12.2. The third-order valence-corrected chi connectivity index (χ3v) is 4.37. The number of hydrogen-bond donors (Lipinski definition) is 1. The van der Waals surface area contributed by atoms with E-state index in [9.17, 15) is 4.79 Å². The lowest BCUT2D eigenvalue weighted by atomic mass is 10.1. The number of amides is 1. The van der Waals surface area contributed by atoms with Crippen LogP contribution < -0.4 is 10.1 Å². The molecule has 1 N–H and O–H groups in total. The van der Waals surface area contributed by atoms with Crippen LogP contribution in [0.4, 0.5) is 5.13 Å². The Kier molecular flexibility index (Phi) is 4.65. The third-order valence-electron chi connectivity index (χ3n) is 3.44. The van der Waals surface area contributed by atoms with E-state index in [-0.39, 0.29) is 18.4 Å². The highest BCUT2D eigenvalue weighted by molar-refractivity contribution is 7.15. The van der Waals surface area contributed by atoms with Crippen LogP contribution in [0.2, 0.25) is 0 Å². The molecular weight excluding hydrogens is 302 g/mol. The van der Waals surface area contributed by atoms with Gasteiger partial charge in [0.05, 0.1) is 13.5 Å². The Morgan fingerprint density at radius 1 is 1.45 bits per heavy atom. The van der Waals surface area contributed by atoms with Gasteiger partial charge >= 0.3 is 0 Å². The van der Waals surface area contributed by atoms with E-state index in [1.165, 1.54) is 11.3 Å². The van der Waals surface area contributed by atoms with Gasteiger partial charge in [0.1, 0.15) is 16.9 Å². The van der Waals surface area contributed by atoms with Crippen LogP contribution in [0.15, 0.2) is 24.3 Å². The van der Waals surface area contributed by atoms with Crippen molar-refractivity contribution in [2.45, 2.75) is 25.4 Å². The van der Waals surface area contributed by atoms with Crippen molar-refractivity contribution >= 4 is 22.4 Å². The van der Waals surface area contributed by atoms with Crippen LogP contribution in [-0.4, -0.2) is 29.8 Å². The second-order valence-electron chi connectivity index (χ2n) is 4.98. The lowest BCUT2D eigenvalue weighted by Gasteiger charge is -2.07. The predicted octanol–water partition coefficient (Wildman–Crippen LogP) is 2.58. The molecule has 3 rings (SSSR count). The number of aromatic nitrogens is 2. The minimum absolute atomic E-state index is 0.0253. The first-order valence-corrected chi connectivity index (χ1v) is 7.94. The Bertz CT molecular complexity index is 653. The Morgan fingerprint density at radius 3 is 3.09 bits per heavy atom. The largest absolute Gasteiger partial charge is 0.496 e. The van der Waals surface area contributed by atoms with Gasteiger partial charge < -0.3 is 14.8 Å². The molecule has 0 radical (unpaired) electrons. The van der Waals surface area contributed by atoms with Crippen LogP contribution in [0.5, 0.6) is 5.75 Å². The van der Waals surface area contributed by atoms with Gasteiger partial charge in [0.15, 0.2) is 0 Å². The molecule has 0 aliphatic carbocycles. The molecule has 0 unspecified atom stereocenters.